The molecule has 0 unspecified atom stereocenters. The van der Waals surface area contributed by atoms with Crippen LogP contribution in [0.2, 0.25) is 0 Å². The van der Waals surface area contributed by atoms with Crippen molar-refractivity contribution in [1.29, 1.82) is 0 Å². The van der Waals surface area contributed by atoms with E-state index in [1.165, 1.54) is 12.8 Å². The van der Waals surface area contributed by atoms with Crippen LogP contribution in [0.1, 0.15) is 65.2 Å². The van der Waals surface area contributed by atoms with Crippen LogP contribution in [-0.4, -0.2) is 43.3 Å². The fourth-order valence-corrected chi connectivity index (χ4v) is 3.32. The number of unbranched alkanes of at least 4 members (excludes halogenated alkanes) is 1. The number of rotatable bonds is 10. The van der Waals surface area contributed by atoms with Gasteiger partial charge in [-0.15, -0.1) is 0 Å². The number of ketones is 1. The Morgan fingerprint density at radius 1 is 1.05 bits per heavy atom. The van der Waals surface area contributed by atoms with E-state index >= 15 is 0 Å². The highest BCUT2D eigenvalue weighted by atomic mass is 16.2. The van der Waals surface area contributed by atoms with Gasteiger partial charge in [0.15, 0.2) is 0 Å². The Hall–Kier alpha value is -0.900. The summed E-state index contributed by atoms with van der Waals surface area (Å²) >= 11 is 0. The number of Topliss-reactive ketones (excluding diaryl/α,β-unsaturated/α-hetero) is 1. The van der Waals surface area contributed by atoms with Gasteiger partial charge in [-0.3, -0.25) is 9.59 Å². The highest BCUT2D eigenvalue weighted by molar-refractivity contribution is 5.88. The summed E-state index contributed by atoms with van der Waals surface area (Å²) in [5.41, 5.74) is 0. The van der Waals surface area contributed by atoms with Crippen molar-refractivity contribution < 1.29 is 9.59 Å². The molecule has 1 rings (SSSR count). The number of nitrogens with one attached hydrogen (secondary N) is 1. The third-order valence-corrected chi connectivity index (χ3v) is 4.77. The molecular weight excluding hydrogens is 276 g/mol. The van der Waals surface area contributed by atoms with E-state index in [-0.39, 0.29) is 23.5 Å². The molecule has 0 aromatic carbocycles. The predicted octanol–water partition coefficient (Wildman–Crippen LogP) is 3.01. The average molecular weight is 310 g/mol. The maximum Gasteiger partial charge on any atom is 0.223 e. The lowest BCUT2D eigenvalue weighted by molar-refractivity contribution is -0.135. The maximum absolute atomic E-state index is 12.4. The smallest absolute Gasteiger partial charge is 0.223 e. The van der Waals surface area contributed by atoms with Gasteiger partial charge in [-0.1, -0.05) is 33.1 Å². The Morgan fingerprint density at radius 3 is 2.32 bits per heavy atom. The van der Waals surface area contributed by atoms with Gasteiger partial charge in [-0.05, 0) is 45.8 Å². The minimum absolute atomic E-state index is 0.0361. The average Bonchev–Trinajstić information content (AvgIpc) is 2.55. The third-order valence-electron chi connectivity index (χ3n) is 4.77. The van der Waals surface area contributed by atoms with Crippen molar-refractivity contribution in [3.05, 3.63) is 0 Å². The quantitative estimate of drug-likeness (QED) is 0.631. The number of hydrogen-bond donors (Lipinski definition) is 1. The Kier molecular flexibility index (Phi) is 9.37. The highest BCUT2D eigenvalue weighted by Gasteiger charge is 2.34. The second kappa shape index (κ2) is 10.8. The number of carbonyl (C=O) groups excluding carboxylic acids is 2. The number of amides is 1. The second-order valence-electron chi connectivity index (χ2n) is 6.62. The fraction of sp³-hybridized carbons (Fsp3) is 0.889. The van der Waals surface area contributed by atoms with Gasteiger partial charge in [0.1, 0.15) is 5.78 Å². The normalized spacial score (nSPS) is 21.8. The van der Waals surface area contributed by atoms with Crippen LogP contribution in [0.15, 0.2) is 0 Å². The molecule has 1 amide bonds. The molecule has 22 heavy (non-hydrogen) atoms. The van der Waals surface area contributed by atoms with Crippen LogP contribution in [0, 0.1) is 11.8 Å². The number of hydrogen-bond acceptors (Lipinski definition) is 3. The molecule has 0 aromatic rings. The summed E-state index contributed by atoms with van der Waals surface area (Å²) in [5, 5.41) is 3.05. The van der Waals surface area contributed by atoms with Crippen LogP contribution in [0.3, 0.4) is 0 Å². The van der Waals surface area contributed by atoms with E-state index in [9.17, 15) is 9.59 Å². The van der Waals surface area contributed by atoms with Gasteiger partial charge in [0.05, 0.1) is 0 Å². The van der Waals surface area contributed by atoms with Crippen molar-refractivity contribution in [2.75, 3.05) is 26.7 Å². The molecule has 4 nitrogen and oxygen atoms in total. The van der Waals surface area contributed by atoms with E-state index in [1.54, 1.807) is 0 Å². The first-order valence-corrected chi connectivity index (χ1v) is 9.09. The van der Waals surface area contributed by atoms with Crippen LogP contribution in [0.5, 0.6) is 0 Å². The van der Waals surface area contributed by atoms with E-state index in [0.717, 1.165) is 51.7 Å². The Bertz CT molecular complexity index is 344. The van der Waals surface area contributed by atoms with E-state index in [2.05, 4.69) is 24.2 Å². The van der Waals surface area contributed by atoms with Crippen molar-refractivity contribution in [2.45, 2.75) is 65.2 Å². The van der Waals surface area contributed by atoms with Gasteiger partial charge in [0.25, 0.3) is 0 Å². The van der Waals surface area contributed by atoms with Crippen molar-refractivity contribution >= 4 is 11.7 Å². The molecule has 2 atom stereocenters. The zero-order valence-corrected chi connectivity index (χ0v) is 14.7. The topological polar surface area (TPSA) is 49.4 Å². The SMILES string of the molecule is CCCCN(C)CCCNC(=O)[C@H]1CCCC[C@H]1C(=O)CC. The molecule has 1 N–H and O–H groups in total. The monoisotopic (exact) mass is 310 g/mol. The maximum atomic E-state index is 12.4. The van der Waals surface area contributed by atoms with Crippen LogP contribution in [0.4, 0.5) is 0 Å². The zero-order valence-electron chi connectivity index (χ0n) is 14.7. The molecule has 0 saturated heterocycles. The third kappa shape index (κ3) is 6.47. The lowest BCUT2D eigenvalue weighted by Crippen LogP contribution is -2.40. The summed E-state index contributed by atoms with van der Waals surface area (Å²) < 4.78 is 0. The molecule has 0 heterocycles. The Labute approximate surface area is 136 Å². The van der Waals surface area contributed by atoms with Gasteiger partial charge >= 0.3 is 0 Å². The molecular formula is C18H34N2O2. The van der Waals surface area contributed by atoms with Crippen LogP contribution in [0.25, 0.3) is 0 Å². The zero-order chi connectivity index (χ0) is 16.4. The van der Waals surface area contributed by atoms with Crippen LogP contribution < -0.4 is 5.32 Å². The van der Waals surface area contributed by atoms with Gasteiger partial charge in [0, 0.05) is 24.8 Å². The lowest BCUT2D eigenvalue weighted by atomic mass is 9.76. The lowest BCUT2D eigenvalue weighted by Gasteiger charge is -2.29. The van der Waals surface area contributed by atoms with Gasteiger partial charge in [-0.2, -0.15) is 0 Å². The largest absolute Gasteiger partial charge is 0.356 e. The van der Waals surface area contributed by atoms with E-state index < -0.39 is 0 Å². The minimum atomic E-state index is -0.0842. The van der Waals surface area contributed by atoms with Gasteiger partial charge in [-0.25, -0.2) is 0 Å². The first kappa shape index (κ1) is 19.1. The summed E-state index contributed by atoms with van der Waals surface area (Å²) in [6, 6.07) is 0. The summed E-state index contributed by atoms with van der Waals surface area (Å²) in [6.07, 6.45) is 7.90. The number of carbonyl (C=O) groups is 2. The molecule has 1 aliphatic rings. The standard InChI is InChI=1S/C18H34N2O2/c1-4-6-13-20(3)14-9-12-19-18(22)16-11-8-7-10-15(16)17(21)5-2/h15-16H,4-14H2,1-3H3,(H,19,22)/t15-,16+/m1/s1. The minimum Gasteiger partial charge on any atom is -0.356 e. The first-order valence-electron chi connectivity index (χ1n) is 9.09. The molecule has 0 radical (unpaired) electrons. The van der Waals surface area contributed by atoms with Crippen molar-refractivity contribution in [2.24, 2.45) is 11.8 Å². The summed E-state index contributed by atoms with van der Waals surface area (Å²) in [4.78, 5) is 26.7. The summed E-state index contributed by atoms with van der Waals surface area (Å²) in [7, 11) is 2.13. The molecule has 0 bridgehead atoms. The highest BCUT2D eigenvalue weighted by Crippen LogP contribution is 2.31. The molecule has 1 fully saturated rings. The molecule has 1 aliphatic carbocycles. The molecule has 1 saturated carbocycles. The molecule has 0 spiro atoms. The van der Waals surface area contributed by atoms with Crippen LogP contribution in [-0.2, 0) is 9.59 Å². The first-order chi connectivity index (χ1) is 10.6. The van der Waals surface area contributed by atoms with Gasteiger partial charge in [0.2, 0.25) is 5.91 Å². The van der Waals surface area contributed by atoms with Crippen molar-refractivity contribution in [3.63, 3.8) is 0 Å². The van der Waals surface area contributed by atoms with Crippen molar-refractivity contribution in [1.82, 2.24) is 10.2 Å². The predicted molar refractivity (Wildman–Crippen MR) is 90.8 cm³/mol. The molecule has 4 heteroatoms. The van der Waals surface area contributed by atoms with Crippen LogP contribution >= 0.6 is 0 Å². The summed E-state index contributed by atoms with van der Waals surface area (Å²) in [5.74, 6) is 0.242. The number of nitrogens with zero attached hydrogens (tertiary/aromatic N) is 1. The Morgan fingerprint density at radius 2 is 1.68 bits per heavy atom. The van der Waals surface area contributed by atoms with Crippen molar-refractivity contribution in [3.8, 4) is 0 Å². The van der Waals surface area contributed by atoms with E-state index in [1.807, 2.05) is 6.92 Å². The second-order valence-corrected chi connectivity index (χ2v) is 6.62. The van der Waals surface area contributed by atoms with E-state index in [4.69, 9.17) is 0 Å². The Balaban J connectivity index is 2.29. The summed E-state index contributed by atoms with van der Waals surface area (Å²) in [6.45, 7) is 6.96. The molecule has 0 aromatic heterocycles. The molecule has 128 valence electrons. The van der Waals surface area contributed by atoms with E-state index in [0.29, 0.717) is 6.42 Å². The fourth-order valence-electron chi connectivity index (χ4n) is 3.32. The van der Waals surface area contributed by atoms with Gasteiger partial charge < -0.3 is 10.2 Å². The molecule has 0 aliphatic heterocycles.